The summed E-state index contributed by atoms with van der Waals surface area (Å²) < 4.78 is 11.9. The second-order valence-electron chi connectivity index (χ2n) is 6.09. The molecule has 2 aliphatic rings. The van der Waals surface area contributed by atoms with Crippen LogP contribution in [0.5, 0.6) is 5.75 Å². The topological polar surface area (TPSA) is 44.5 Å². The van der Waals surface area contributed by atoms with E-state index in [1.807, 2.05) is 0 Å². The van der Waals surface area contributed by atoms with Crippen molar-refractivity contribution in [3.05, 3.63) is 29.3 Å². The van der Waals surface area contributed by atoms with Crippen molar-refractivity contribution in [2.45, 2.75) is 56.8 Å². The lowest BCUT2D eigenvalue weighted by molar-refractivity contribution is -0.0578. The Morgan fingerprint density at radius 3 is 3.00 bits per heavy atom. The Morgan fingerprint density at radius 2 is 2.21 bits per heavy atom. The van der Waals surface area contributed by atoms with Gasteiger partial charge in [0.1, 0.15) is 11.4 Å². The SMILES string of the molecule is COC1CCCC2(C1)CC(N)c1cc(C)ccc1O2. The molecule has 3 heteroatoms. The third-order valence-electron chi connectivity index (χ3n) is 4.57. The molecule has 1 spiro atoms. The standard InChI is InChI=1S/C16H23NO2/c1-11-5-6-15-13(8-11)14(17)10-16(19-15)7-3-4-12(9-16)18-2/h5-6,8,12,14H,3-4,7,9-10,17H2,1-2H3. The number of ether oxygens (including phenoxy) is 2. The lowest BCUT2D eigenvalue weighted by Gasteiger charge is -2.45. The van der Waals surface area contributed by atoms with Crippen molar-refractivity contribution >= 4 is 0 Å². The van der Waals surface area contributed by atoms with Gasteiger partial charge in [-0.3, -0.25) is 0 Å². The highest BCUT2D eigenvalue weighted by Gasteiger charge is 2.43. The molecule has 0 radical (unpaired) electrons. The molecule has 1 fully saturated rings. The first-order chi connectivity index (χ1) is 9.12. The molecular weight excluding hydrogens is 238 g/mol. The second-order valence-corrected chi connectivity index (χ2v) is 6.09. The van der Waals surface area contributed by atoms with Crippen LogP contribution in [-0.2, 0) is 4.74 Å². The maximum absolute atomic E-state index is 6.39. The molecule has 1 aromatic carbocycles. The third-order valence-corrected chi connectivity index (χ3v) is 4.57. The van der Waals surface area contributed by atoms with Crippen LogP contribution in [0.4, 0.5) is 0 Å². The van der Waals surface area contributed by atoms with Gasteiger partial charge in [-0.05, 0) is 32.3 Å². The van der Waals surface area contributed by atoms with Gasteiger partial charge in [0.2, 0.25) is 0 Å². The lowest BCUT2D eigenvalue weighted by atomic mass is 9.76. The van der Waals surface area contributed by atoms with Gasteiger partial charge in [0.15, 0.2) is 0 Å². The first kappa shape index (κ1) is 12.9. The summed E-state index contributed by atoms with van der Waals surface area (Å²) in [6, 6.07) is 6.41. The predicted molar refractivity (Wildman–Crippen MR) is 75.3 cm³/mol. The van der Waals surface area contributed by atoms with Crippen LogP contribution in [-0.4, -0.2) is 18.8 Å². The van der Waals surface area contributed by atoms with E-state index in [-0.39, 0.29) is 11.6 Å². The molecule has 2 N–H and O–H groups in total. The first-order valence-electron chi connectivity index (χ1n) is 7.20. The highest BCUT2D eigenvalue weighted by atomic mass is 16.5. The van der Waals surface area contributed by atoms with Gasteiger partial charge in [0.25, 0.3) is 0 Å². The fourth-order valence-electron chi connectivity index (χ4n) is 3.59. The summed E-state index contributed by atoms with van der Waals surface area (Å²) in [5.41, 5.74) is 8.68. The summed E-state index contributed by atoms with van der Waals surface area (Å²) >= 11 is 0. The number of rotatable bonds is 1. The molecule has 3 rings (SSSR count). The zero-order valence-electron chi connectivity index (χ0n) is 11.8. The van der Waals surface area contributed by atoms with Gasteiger partial charge in [0, 0.05) is 31.6 Å². The molecule has 1 aliphatic heterocycles. The second kappa shape index (κ2) is 4.80. The Kier molecular flexibility index (Phi) is 3.27. The molecule has 0 saturated heterocycles. The van der Waals surface area contributed by atoms with Gasteiger partial charge in [-0.1, -0.05) is 17.7 Å². The minimum absolute atomic E-state index is 0.0826. The maximum Gasteiger partial charge on any atom is 0.124 e. The number of methoxy groups -OCH3 is 1. The van der Waals surface area contributed by atoms with Gasteiger partial charge in [-0.25, -0.2) is 0 Å². The van der Waals surface area contributed by atoms with E-state index in [2.05, 4.69) is 25.1 Å². The molecule has 3 atom stereocenters. The summed E-state index contributed by atoms with van der Waals surface area (Å²) in [4.78, 5) is 0. The first-order valence-corrected chi connectivity index (χ1v) is 7.20. The number of hydrogen-bond donors (Lipinski definition) is 1. The van der Waals surface area contributed by atoms with Crippen molar-refractivity contribution in [1.29, 1.82) is 0 Å². The molecule has 3 nitrogen and oxygen atoms in total. The van der Waals surface area contributed by atoms with Crippen LogP contribution in [0.25, 0.3) is 0 Å². The van der Waals surface area contributed by atoms with E-state index in [0.717, 1.165) is 43.4 Å². The van der Waals surface area contributed by atoms with Crippen LogP contribution in [0.1, 0.15) is 49.3 Å². The molecular formula is C16H23NO2. The van der Waals surface area contributed by atoms with Crippen molar-refractivity contribution in [3.63, 3.8) is 0 Å². The Balaban J connectivity index is 1.89. The van der Waals surface area contributed by atoms with E-state index in [1.165, 1.54) is 5.56 Å². The Bertz CT molecular complexity index is 474. The number of fused-ring (bicyclic) bond motifs is 1. The molecule has 3 unspecified atom stereocenters. The van der Waals surface area contributed by atoms with Crippen LogP contribution in [0.3, 0.4) is 0 Å². The molecule has 19 heavy (non-hydrogen) atoms. The summed E-state index contributed by atoms with van der Waals surface area (Å²) in [5, 5.41) is 0. The minimum atomic E-state index is -0.111. The highest BCUT2D eigenvalue weighted by molar-refractivity contribution is 5.41. The highest BCUT2D eigenvalue weighted by Crippen LogP contribution is 2.45. The zero-order chi connectivity index (χ0) is 13.5. The van der Waals surface area contributed by atoms with Gasteiger partial charge < -0.3 is 15.2 Å². The summed E-state index contributed by atoms with van der Waals surface area (Å²) in [6.07, 6.45) is 5.57. The van der Waals surface area contributed by atoms with Crippen molar-refractivity contribution in [2.24, 2.45) is 5.73 Å². The molecule has 104 valence electrons. The number of hydrogen-bond acceptors (Lipinski definition) is 3. The van der Waals surface area contributed by atoms with Crippen molar-refractivity contribution < 1.29 is 9.47 Å². The molecule has 1 aliphatic carbocycles. The summed E-state index contributed by atoms with van der Waals surface area (Å²) in [6.45, 7) is 2.10. The average molecular weight is 261 g/mol. The monoisotopic (exact) mass is 261 g/mol. The molecule has 1 saturated carbocycles. The van der Waals surface area contributed by atoms with Crippen LogP contribution < -0.4 is 10.5 Å². The average Bonchev–Trinajstić information content (AvgIpc) is 2.40. The Morgan fingerprint density at radius 1 is 1.37 bits per heavy atom. The van der Waals surface area contributed by atoms with Gasteiger partial charge in [0.05, 0.1) is 6.10 Å². The molecule has 0 bridgehead atoms. The fraction of sp³-hybridized carbons (Fsp3) is 0.625. The number of benzene rings is 1. The smallest absolute Gasteiger partial charge is 0.124 e. The van der Waals surface area contributed by atoms with E-state index in [1.54, 1.807) is 7.11 Å². The van der Waals surface area contributed by atoms with Crippen LogP contribution in [0.15, 0.2) is 18.2 Å². The summed E-state index contributed by atoms with van der Waals surface area (Å²) in [5.74, 6) is 0.973. The molecule has 0 aromatic heterocycles. The van der Waals surface area contributed by atoms with Crippen molar-refractivity contribution in [2.75, 3.05) is 7.11 Å². The third kappa shape index (κ3) is 2.37. The van der Waals surface area contributed by atoms with Gasteiger partial charge >= 0.3 is 0 Å². The van der Waals surface area contributed by atoms with Crippen LogP contribution >= 0.6 is 0 Å². The van der Waals surface area contributed by atoms with Gasteiger partial charge in [-0.15, -0.1) is 0 Å². The minimum Gasteiger partial charge on any atom is -0.487 e. The van der Waals surface area contributed by atoms with E-state index >= 15 is 0 Å². The largest absolute Gasteiger partial charge is 0.487 e. The molecule has 0 amide bonds. The maximum atomic E-state index is 6.39. The van der Waals surface area contributed by atoms with Gasteiger partial charge in [-0.2, -0.15) is 0 Å². The fourth-order valence-corrected chi connectivity index (χ4v) is 3.59. The van der Waals surface area contributed by atoms with Crippen molar-refractivity contribution in [1.82, 2.24) is 0 Å². The Hall–Kier alpha value is -1.06. The predicted octanol–water partition coefficient (Wildman–Crippen LogP) is 3.11. The van der Waals surface area contributed by atoms with Crippen molar-refractivity contribution in [3.8, 4) is 5.75 Å². The quantitative estimate of drug-likeness (QED) is 0.844. The Labute approximate surface area is 115 Å². The van der Waals surface area contributed by atoms with E-state index in [4.69, 9.17) is 15.2 Å². The number of nitrogens with two attached hydrogens (primary N) is 1. The lowest BCUT2D eigenvalue weighted by Crippen LogP contribution is -2.48. The van der Waals surface area contributed by atoms with Crippen LogP contribution in [0.2, 0.25) is 0 Å². The zero-order valence-corrected chi connectivity index (χ0v) is 11.8. The van der Waals surface area contributed by atoms with E-state index in [0.29, 0.717) is 6.10 Å². The van der Waals surface area contributed by atoms with E-state index in [9.17, 15) is 0 Å². The molecule has 1 aromatic rings. The van der Waals surface area contributed by atoms with Crippen LogP contribution in [0, 0.1) is 6.92 Å². The van der Waals surface area contributed by atoms with E-state index < -0.39 is 0 Å². The molecule has 1 heterocycles. The normalized spacial score (nSPS) is 33.8. The number of aryl methyl sites for hydroxylation is 1. The summed E-state index contributed by atoms with van der Waals surface area (Å²) in [7, 11) is 1.80.